The molecule has 2 aliphatic rings. The molecule has 2 fully saturated rings. The zero-order valence-corrected chi connectivity index (χ0v) is 17.7. The number of hydrogen-bond acceptors (Lipinski definition) is 3. The van der Waals surface area contributed by atoms with E-state index in [1.165, 1.54) is 51.6 Å². The topological polar surface area (TPSA) is 32.8 Å². The van der Waals surface area contributed by atoms with E-state index >= 15 is 0 Å². The number of rotatable bonds is 7. The highest BCUT2D eigenvalue weighted by Gasteiger charge is 2.21. The minimum atomic E-state index is -0.305. The summed E-state index contributed by atoms with van der Waals surface area (Å²) in [5.74, 6) is 1.99. The Labute approximate surface area is 174 Å². The molecule has 1 heterocycles. The minimum Gasteiger partial charge on any atom is -0.410 e. The molecule has 0 radical (unpaired) electrons. The molecule has 5 heteroatoms. The van der Waals surface area contributed by atoms with Crippen LogP contribution in [0.5, 0.6) is 5.75 Å². The van der Waals surface area contributed by atoms with Gasteiger partial charge in [-0.3, -0.25) is 4.90 Å². The van der Waals surface area contributed by atoms with Gasteiger partial charge < -0.3 is 9.64 Å². The first-order chi connectivity index (χ1) is 13.6. The molecule has 1 aliphatic carbocycles. The molecule has 28 heavy (non-hydrogen) atoms. The molecule has 0 unspecified atom stereocenters. The standard InChI is InChI=1S/C23H33ClN2O2/c1-25(23(27)28-22-12-10-21(24)11-13-22)18-14-20-8-6-19(7-9-20)5-4-17-26-15-2-3-16-26/h4-5,10-13,19-20H,2-3,6-9,14-18H2,1H3/t19-,20-. The molecular formula is C23H33ClN2O2. The van der Waals surface area contributed by atoms with Gasteiger partial charge in [-0.1, -0.05) is 23.8 Å². The first kappa shape index (κ1) is 21.2. The first-order valence-corrected chi connectivity index (χ1v) is 11.1. The van der Waals surface area contributed by atoms with Gasteiger partial charge in [-0.15, -0.1) is 0 Å². The maximum atomic E-state index is 12.2. The Morgan fingerprint density at radius 3 is 2.54 bits per heavy atom. The number of ether oxygens (including phenoxy) is 1. The molecule has 1 saturated carbocycles. The van der Waals surface area contributed by atoms with Gasteiger partial charge >= 0.3 is 6.09 Å². The van der Waals surface area contributed by atoms with Crippen LogP contribution in [-0.2, 0) is 0 Å². The van der Waals surface area contributed by atoms with Crippen LogP contribution in [0.3, 0.4) is 0 Å². The largest absolute Gasteiger partial charge is 0.414 e. The van der Waals surface area contributed by atoms with E-state index in [0.29, 0.717) is 16.7 Å². The van der Waals surface area contributed by atoms with E-state index in [9.17, 15) is 4.79 Å². The molecule has 154 valence electrons. The Bertz CT molecular complexity index is 633. The van der Waals surface area contributed by atoms with Gasteiger partial charge in [-0.05, 0) is 94.1 Å². The monoisotopic (exact) mass is 404 g/mol. The number of likely N-dealkylation sites (tertiary alicyclic amines) is 1. The fraction of sp³-hybridized carbons (Fsp3) is 0.609. The lowest BCUT2D eigenvalue weighted by molar-refractivity contribution is 0.157. The van der Waals surface area contributed by atoms with Crippen molar-refractivity contribution in [1.29, 1.82) is 0 Å². The van der Waals surface area contributed by atoms with Crippen molar-refractivity contribution < 1.29 is 9.53 Å². The fourth-order valence-electron chi connectivity index (χ4n) is 4.19. The summed E-state index contributed by atoms with van der Waals surface area (Å²) >= 11 is 5.86. The lowest BCUT2D eigenvalue weighted by atomic mass is 9.80. The Morgan fingerprint density at radius 1 is 1.18 bits per heavy atom. The molecule has 1 aromatic rings. The van der Waals surface area contributed by atoms with Crippen molar-refractivity contribution in [2.45, 2.75) is 44.9 Å². The number of amides is 1. The molecule has 1 amide bonds. The van der Waals surface area contributed by atoms with Crippen LogP contribution >= 0.6 is 11.6 Å². The van der Waals surface area contributed by atoms with E-state index in [-0.39, 0.29) is 6.09 Å². The van der Waals surface area contributed by atoms with Gasteiger partial charge in [0.2, 0.25) is 0 Å². The smallest absolute Gasteiger partial charge is 0.410 e. The Morgan fingerprint density at radius 2 is 1.86 bits per heavy atom. The normalized spacial score (nSPS) is 23.2. The van der Waals surface area contributed by atoms with Crippen LogP contribution in [-0.4, -0.2) is 49.1 Å². The highest BCUT2D eigenvalue weighted by Crippen LogP contribution is 2.31. The van der Waals surface area contributed by atoms with E-state index in [1.807, 2.05) is 7.05 Å². The lowest BCUT2D eigenvalue weighted by Crippen LogP contribution is -2.32. The van der Waals surface area contributed by atoms with Crippen molar-refractivity contribution in [3.05, 3.63) is 41.4 Å². The minimum absolute atomic E-state index is 0.305. The zero-order valence-electron chi connectivity index (χ0n) is 17.0. The van der Waals surface area contributed by atoms with Crippen LogP contribution in [0.15, 0.2) is 36.4 Å². The van der Waals surface area contributed by atoms with Crippen molar-refractivity contribution in [3.63, 3.8) is 0 Å². The third-order valence-corrected chi connectivity index (χ3v) is 6.32. The third kappa shape index (κ3) is 6.82. The number of benzene rings is 1. The number of hydrogen-bond donors (Lipinski definition) is 0. The van der Waals surface area contributed by atoms with Crippen LogP contribution in [0.25, 0.3) is 0 Å². The van der Waals surface area contributed by atoms with Crippen LogP contribution in [0.2, 0.25) is 5.02 Å². The van der Waals surface area contributed by atoms with Gasteiger partial charge in [0, 0.05) is 25.2 Å². The quantitative estimate of drug-likeness (QED) is 0.553. The predicted octanol–water partition coefficient (Wildman–Crippen LogP) is 5.62. The van der Waals surface area contributed by atoms with E-state index < -0.39 is 0 Å². The predicted molar refractivity (Wildman–Crippen MR) is 115 cm³/mol. The molecule has 1 saturated heterocycles. The molecule has 1 aromatic carbocycles. The van der Waals surface area contributed by atoms with Crippen molar-refractivity contribution >= 4 is 17.7 Å². The molecule has 1 aliphatic heterocycles. The second-order valence-electron chi connectivity index (χ2n) is 8.25. The highest BCUT2D eigenvalue weighted by molar-refractivity contribution is 6.30. The number of carbonyl (C=O) groups excluding carboxylic acids is 1. The summed E-state index contributed by atoms with van der Waals surface area (Å²) < 4.78 is 5.39. The number of carbonyl (C=O) groups is 1. The van der Waals surface area contributed by atoms with Crippen LogP contribution in [0.1, 0.15) is 44.9 Å². The van der Waals surface area contributed by atoms with Gasteiger partial charge in [-0.25, -0.2) is 4.79 Å². The van der Waals surface area contributed by atoms with E-state index in [4.69, 9.17) is 16.3 Å². The van der Waals surface area contributed by atoms with E-state index in [0.717, 1.165) is 25.4 Å². The molecule has 4 nitrogen and oxygen atoms in total. The molecule has 0 atom stereocenters. The summed E-state index contributed by atoms with van der Waals surface area (Å²) in [5, 5.41) is 0.634. The van der Waals surface area contributed by atoms with Gasteiger partial charge in [-0.2, -0.15) is 0 Å². The fourth-order valence-corrected chi connectivity index (χ4v) is 4.31. The van der Waals surface area contributed by atoms with Crippen molar-refractivity contribution in [2.24, 2.45) is 11.8 Å². The summed E-state index contributed by atoms with van der Waals surface area (Å²) in [4.78, 5) is 16.4. The Hall–Kier alpha value is -1.52. The number of halogens is 1. The first-order valence-electron chi connectivity index (χ1n) is 10.7. The number of nitrogens with zero attached hydrogens (tertiary/aromatic N) is 2. The second-order valence-corrected chi connectivity index (χ2v) is 8.69. The average molecular weight is 405 g/mol. The van der Waals surface area contributed by atoms with Gasteiger partial charge in [0.15, 0.2) is 0 Å². The lowest BCUT2D eigenvalue weighted by Gasteiger charge is -2.28. The Balaban J connectivity index is 1.31. The van der Waals surface area contributed by atoms with Crippen molar-refractivity contribution in [3.8, 4) is 5.75 Å². The SMILES string of the molecule is CN(CC[C@H]1CC[C@H](C=CCN2CCCC2)CC1)C(=O)Oc1ccc(Cl)cc1. The van der Waals surface area contributed by atoms with Crippen LogP contribution in [0.4, 0.5) is 4.79 Å². The zero-order chi connectivity index (χ0) is 19.8. The van der Waals surface area contributed by atoms with Crippen LogP contribution in [0, 0.1) is 11.8 Å². The van der Waals surface area contributed by atoms with E-state index in [2.05, 4.69) is 17.1 Å². The molecule has 0 bridgehead atoms. The van der Waals surface area contributed by atoms with Gasteiger partial charge in [0.05, 0.1) is 0 Å². The summed E-state index contributed by atoms with van der Waals surface area (Å²) in [5.41, 5.74) is 0. The second kappa shape index (κ2) is 10.9. The van der Waals surface area contributed by atoms with Gasteiger partial charge in [0.1, 0.15) is 5.75 Å². The average Bonchev–Trinajstić information content (AvgIpc) is 3.22. The molecule has 0 aromatic heterocycles. The van der Waals surface area contributed by atoms with Crippen molar-refractivity contribution in [1.82, 2.24) is 9.80 Å². The maximum absolute atomic E-state index is 12.2. The summed E-state index contributed by atoms with van der Waals surface area (Å²) in [6, 6.07) is 6.88. The molecular weight excluding hydrogens is 372 g/mol. The van der Waals surface area contributed by atoms with Crippen molar-refractivity contribution in [2.75, 3.05) is 33.2 Å². The molecule has 0 spiro atoms. The van der Waals surface area contributed by atoms with Gasteiger partial charge in [0.25, 0.3) is 0 Å². The summed E-state index contributed by atoms with van der Waals surface area (Å²) in [6.45, 7) is 4.41. The molecule has 3 rings (SSSR count). The summed E-state index contributed by atoms with van der Waals surface area (Å²) in [6.07, 6.45) is 13.4. The third-order valence-electron chi connectivity index (χ3n) is 6.07. The van der Waals surface area contributed by atoms with Crippen LogP contribution < -0.4 is 4.74 Å². The maximum Gasteiger partial charge on any atom is 0.414 e. The highest BCUT2D eigenvalue weighted by atomic mass is 35.5. The Kier molecular flexibility index (Phi) is 8.23. The summed E-state index contributed by atoms with van der Waals surface area (Å²) in [7, 11) is 1.81. The van der Waals surface area contributed by atoms with E-state index in [1.54, 1.807) is 29.2 Å². The molecule has 0 N–H and O–H groups in total. The number of allylic oxidation sites excluding steroid dienone is 1.